The number of ether oxygens (including phenoxy) is 4. The summed E-state index contributed by atoms with van der Waals surface area (Å²) in [5.74, 6) is -2.79. The van der Waals surface area contributed by atoms with E-state index in [1.165, 1.54) is 12.1 Å². The van der Waals surface area contributed by atoms with Gasteiger partial charge in [0.25, 0.3) is 0 Å². The maximum absolute atomic E-state index is 13.2. The van der Waals surface area contributed by atoms with Crippen LogP contribution in [-0.4, -0.2) is 45.9 Å². The Balaban J connectivity index is 0.000000208. The maximum Gasteiger partial charge on any atom is 0.416 e. The number of aryl methyl sites for hydroxylation is 2. The fraction of sp³-hybridized carbons (Fsp3) is 0.263. The molecule has 4 atom stereocenters. The van der Waals surface area contributed by atoms with Crippen molar-refractivity contribution >= 4 is 69.1 Å². The van der Waals surface area contributed by atoms with Gasteiger partial charge in [0.15, 0.2) is 12.2 Å². The second kappa shape index (κ2) is 15.9. The fourth-order valence-electron chi connectivity index (χ4n) is 5.95. The lowest BCUT2D eigenvalue weighted by Crippen LogP contribution is -2.27. The zero-order valence-corrected chi connectivity index (χ0v) is 32.8. The topological polar surface area (TPSA) is 105 Å². The molecule has 6 rings (SSSR count). The number of halogens is 8. The number of carbonyl (C=O) groups excluding carboxylic acids is 4. The van der Waals surface area contributed by atoms with Crippen LogP contribution in [0.1, 0.15) is 66.3 Å². The molecule has 2 aliphatic rings. The number of esters is 4. The summed E-state index contributed by atoms with van der Waals surface area (Å²) in [4.78, 5) is 49.3. The molecule has 0 fully saturated rings. The number of alkyl halides is 8. The van der Waals surface area contributed by atoms with Gasteiger partial charge in [0.05, 0.1) is 36.5 Å². The molecule has 2 heterocycles. The molecule has 0 saturated heterocycles. The van der Waals surface area contributed by atoms with Crippen LogP contribution in [0.5, 0.6) is 0 Å². The molecule has 0 saturated carbocycles. The number of hydrogen-bond donors (Lipinski definition) is 0. The highest BCUT2D eigenvalue weighted by Gasteiger charge is 2.41. The van der Waals surface area contributed by atoms with Gasteiger partial charge < -0.3 is 18.9 Å². The lowest BCUT2D eigenvalue weighted by atomic mass is 9.91. The maximum atomic E-state index is 13.2. The molecular formula is C38H28F6I2O8. The molecular weight excluding hydrogens is 952 g/mol. The zero-order chi connectivity index (χ0) is 39.9. The Labute approximate surface area is 331 Å². The van der Waals surface area contributed by atoms with Crippen molar-refractivity contribution in [1.82, 2.24) is 0 Å². The first-order chi connectivity index (χ1) is 25.3. The molecule has 0 N–H and O–H groups in total. The van der Waals surface area contributed by atoms with E-state index in [0.29, 0.717) is 22.3 Å². The van der Waals surface area contributed by atoms with Crippen molar-refractivity contribution in [3.63, 3.8) is 0 Å². The summed E-state index contributed by atoms with van der Waals surface area (Å²) >= 11 is 3.43. The monoisotopic (exact) mass is 980 g/mol. The van der Waals surface area contributed by atoms with Gasteiger partial charge in [-0.25, -0.2) is 9.59 Å². The van der Waals surface area contributed by atoms with Crippen molar-refractivity contribution in [1.29, 1.82) is 0 Å². The van der Waals surface area contributed by atoms with E-state index in [4.69, 9.17) is 18.9 Å². The molecule has 0 bridgehead atoms. The Morgan fingerprint density at radius 3 is 1.22 bits per heavy atom. The number of methoxy groups -OCH3 is 2. The number of fused-ring (bicyclic) bond motifs is 6. The van der Waals surface area contributed by atoms with Crippen molar-refractivity contribution in [3.05, 3.63) is 117 Å². The van der Waals surface area contributed by atoms with Crippen LogP contribution < -0.4 is 0 Å². The third-order valence-corrected chi connectivity index (χ3v) is 10.9. The van der Waals surface area contributed by atoms with Gasteiger partial charge in [-0.15, -0.1) is 0 Å². The fourth-order valence-corrected chi connectivity index (χ4v) is 7.53. The van der Waals surface area contributed by atoms with E-state index in [9.17, 15) is 45.5 Å². The van der Waals surface area contributed by atoms with Crippen LogP contribution >= 0.6 is 45.2 Å². The van der Waals surface area contributed by atoms with E-state index in [0.717, 1.165) is 49.6 Å². The lowest BCUT2D eigenvalue weighted by molar-refractivity contribution is -0.142. The SMILES string of the molecule is COC(=O)[C@@H](I)[C@H]1OC(=O)c2cc(C)ccc2-c2ccc(C(F)(F)F)cc21.COC(=O)[C@H](I)[C@@H]1OC(=O)c2cc(C)ccc2-c2ccc(C(F)(F)F)cc21. The summed E-state index contributed by atoms with van der Waals surface area (Å²) in [5.41, 5.74) is 2.32. The molecule has 4 aromatic carbocycles. The van der Waals surface area contributed by atoms with Crippen LogP contribution in [0.25, 0.3) is 22.3 Å². The van der Waals surface area contributed by atoms with Crippen LogP contribution in [0.3, 0.4) is 0 Å². The van der Waals surface area contributed by atoms with Gasteiger partial charge >= 0.3 is 36.2 Å². The van der Waals surface area contributed by atoms with Gasteiger partial charge in [0.1, 0.15) is 7.85 Å². The van der Waals surface area contributed by atoms with Crippen LogP contribution in [0, 0.1) is 13.8 Å². The second-order valence-electron chi connectivity index (χ2n) is 12.2. The summed E-state index contributed by atoms with van der Waals surface area (Å²) in [6.45, 7) is 3.58. The Bertz CT molecular complexity index is 2000. The van der Waals surface area contributed by atoms with Gasteiger partial charge in [-0.05, 0) is 72.5 Å². The quantitative estimate of drug-likeness (QED) is 0.0655. The molecule has 2 aliphatic heterocycles. The first-order valence-electron chi connectivity index (χ1n) is 15.8. The largest absolute Gasteiger partial charge is 0.468 e. The van der Waals surface area contributed by atoms with E-state index in [2.05, 4.69) is 0 Å². The van der Waals surface area contributed by atoms with Crippen molar-refractivity contribution in [2.45, 2.75) is 46.3 Å². The highest BCUT2D eigenvalue weighted by Crippen LogP contribution is 2.45. The molecule has 4 aromatic rings. The predicted octanol–water partition coefficient (Wildman–Crippen LogP) is 9.74. The third-order valence-electron chi connectivity index (χ3n) is 8.59. The molecule has 0 unspecified atom stereocenters. The normalized spacial score (nSPS) is 17.3. The molecule has 54 heavy (non-hydrogen) atoms. The van der Waals surface area contributed by atoms with Gasteiger partial charge in [-0.2, -0.15) is 26.3 Å². The van der Waals surface area contributed by atoms with Crippen LogP contribution in [0.2, 0.25) is 0 Å². The lowest BCUT2D eigenvalue weighted by Gasteiger charge is -2.22. The number of rotatable bonds is 4. The molecule has 16 heteroatoms. The molecule has 0 radical (unpaired) electrons. The first-order valence-corrected chi connectivity index (χ1v) is 18.3. The number of carbonyl (C=O) groups is 4. The Morgan fingerprint density at radius 1 is 0.574 bits per heavy atom. The van der Waals surface area contributed by atoms with Crippen molar-refractivity contribution < 1.29 is 64.5 Å². The van der Waals surface area contributed by atoms with Crippen LogP contribution in [0.15, 0.2) is 72.8 Å². The minimum Gasteiger partial charge on any atom is -0.468 e. The zero-order valence-electron chi connectivity index (χ0n) is 28.5. The molecule has 0 aliphatic carbocycles. The van der Waals surface area contributed by atoms with E-state index in [1.807, 2.05) is 0 Å². The van der Waals surface area contributed by atoms with Gasteiger partial charge in [-0.1, -0.05) is 92.7 Å². The van der Waals surface area contributed by atoms with Crippen LogP contribution in [-0.2, 0) is 40.9 Å². The number of hydrogen-bond acceptors (Lipinski definition) is 8. The number of cyclic esters (lactones) is 2. The highest BCUT2D eigenvalue weighted by atomic mass is 127. The van der Waals surface area contributed by atoms with Crippen molar-refractivity contribution in [2.24, 2.45) is 0 Å². The summed E-state index contributed by atoms with van der Waals surface area (Å²) in [7, 11) is 2.33. The minimum absolute atomic E-state index is 0.116. The molecule has 0 aromatic heterocycles. The van der Waals surface area contributed by atoms with Crippen molar-refractivity contribution in [3.8, 4) is 22.3 Å². The summed E-state index contributed by atoms with van der Waals surface area (Å²) in [5, 5.41) is 0. The smallest absolute Gasteiger partial charge is 0.416 e. The third kappa shape index (κ3) is 8.38. The molecule has 8 nitrogen and oxygen atoms in total. The van der Waals surface area contributed by atoms with E-state index in [-0.39, 0.29) is 22.3 Å². The molecule has 0 spiro atoms. The average molecular weight is 980 g/mol. The minimum atomic E-state index is -4.57. The molecule has 0 amide bonds. The summed E-state index contributed by atoms with van der Waals surface area (Å²) in [6.07, 6.45) is -11.6. The van der Waals surface area contributed by atoms with Gasteiger partial charge in [0.2, 0.25) is 0 Å². The Hall–Kier alpha value is -4.20. The van der Waals surface area contributed by atoms with Gasteiger partial charge in [0, 0.05) is 11.1 Å². The first kappa shape index (κ1) is 41.0. The Morgan fingerprint density at radius 2 is 0.907 bits per heavy atom. The van der Waals surface area contributed by atoms with Gasteiger partial charge in [-0.3, -0.25) is 9.59 Å². The highest BCUT2D eigenvalue weighted by molar-refractivity contribution is 14.1. The van der Waals surface area contributed by atoms with E-state index >= 15 is 0 Å². The predicted molar refractivity (Wildman–Crippen MR) is 199 cm³/mol. The average Bonchev–Trinajstić information content (AvgIpc) is 3.33. The molecule has 284 valence electrons. The van der Waals surface area contributed by atoms with Crippen molar-refractivity contribution in [2.75, 3.05) is 14.2 Å². The van der Waals surface area contributed by atoms with E-state index < -0.39 is 67.4 Å². The van der Waals surface area contributed by atoms with E-state index in [1.54, 1.807) is 95.4 Å². The summed E-state index contributed by atoms with van der Waals surface area (Å²) < 4.78 is 97.7. The second-order valence-corrected chi connectivity index (χ2v) is 14.9. The number of benzene rings is 4. The summed E-state index contributed by atoms with van der Waals surface area (Å²) in [6, 6.07) is 16.5. The standard InChI is InChI=1S/2C19H14F3IO4/c2*1-9-3-5-12-11-6-4-10(19(20,21)22)8-13(11)16(15(23)18(25)26-2)27-17(24)14(12)7-9/h2*3-8,15-16H,1-2H3/t2*15-,16-/m10/s1. The van der Waals surface area contributed by atoms with Crippen LogP contribution in [0.4, 0.5) is 26.3 Å². The Kier molecular flexibility index (Phi) is 12.0.